The number of fused-ring (bicyclic) bond motifs is 1. The highest BCUT2D eigenvalue weighted by Crippen LogP contribution is 2.33. The number of phenols is 2. The first-order valence-electron chi connectivity index (χ1n) is 3.77. The second-order valence-electron chi connectivity index (χ2n) is 2.79. The van der Waals surface area contributed by atoms with Crippen molar-refractivity contribution in [1.29, 1.82) is 0 Å². The maximum atomic E-state index is 10.8. The molecule has 0 unspecified atom stereocenters. The molecule has 0 aliphatic rings. The molecule has 0 aliphatic carbocycles. The standard InChI is InChI=1S/C9H6O5/c10-5-3-9(13)14-8-2-7(12)6(11)1-4(5)8/h1-3,10-12H. The third-order valence-corrected chi connectivity index (χ3v) is 1.82. The van der Waals surface area contributed by atoms with E-state index in [9.17, 15) is 9.90 Å². The summed E-state index contributed by atoms with van der Waals surface area (Å²) in [6, 6.07) is 3.06. The van der Waals surface area contributed by atoms with Gasteiger partial charge in [-0.05, 0) is 6.07 Å². The maximum Gasteiger partial charge on any atom is 0.339 e. The van der Waals surface area contributed by atoms with Crippen molar-refractivity contribution in [3.05, 3.63) is 28.6 Å². The van der Waals surface area contributed by atoms with Gasteiger partial charge in [0, 0.05) is 6.07 Å². The largest absolute Gasteiger partial charge is 0.507 e. The predicted octanol–water partition coefficient (Wildman–Crippen LogP) is 0.910. The fourth-order valence-corrected chi connectivity index (χ4v) is 1.17. The third-order valence-electron chi connectivity index (χ3n) is 1.82. The minimum atomic E-state index is -0.722. The fourth-order valence-electron chi connectivity index (χ4n) is 1.17. The van der Waals surface area contributed by atoms with Crippen LogP contribution in [-0.4, -0.2) is 15.3 Å². The molecule has 14 heavy (non-hydrogen) atoms. The van der Waals surface area contributed by atoms with Crippen molar-refractivity contribution in [2.75, 3.05) is 0 Å². The van der Waals surface area contributed by atoms with Gasteiger partial charge in [0.25, 0.3) is 0 Å². The number of benzene rings is 1. The Bertz CT molecular complexity index is 555. The van der Waals surface area contributed by atoms with Gasteiger partial charge in [0.1, 0.15) is 11.3 Å². The van der Waals surface area contributed by atoms with E-state index in [-0.39, 0.29) is 22.5 Å². The van der Waals surface area contributed by atoms with Crippen LogP contribution in [0, 0.1) is 0 Å². The molecule has 2 rings (SSSR count). The van der Waals surface area contributed by atoms with Crippen LogP contribution in [-0.2, 0) is 0 Å². The van der Waals surface area contributed by atoms with Crippen molar-refractivity contribution in [1.82, 2.24) is 0 Å². The number of phenolic OH excluding ortho intramolecular Hbond substituents is 2. The van der Waals surface area contributed by atoms with E-state index in [1.807, 2.05) is 0 Å². The molecule has 0 bridgehead atoms. The first-order chi connectivity index (χ1) is 6.58. The van der Waals surface area contributed by atoms with Crippen molar-refractivity contribution < 1.29 is 19.7 Å². The smallest absolute Gasteiger partial charge is 0.339 e. The van der Waals surface area contributed by atoms with Gasteiger partial charge in [-0.1, -0.05) is 0 Å². The summed E-state index contributed by atoms with van der Waals surface area (Å²) in [6.07, 6.45) is 0. The van der Waals surface area contributed by atoms with Crippen molar-refractivity contribution in [3.8, 4) is 17.2 Å². The van der Waals surface area contributed by atoms with E-state index in [1.165, 1.54) is 0 Å². The highest BCUT2D eigenvalue weighted by atomic mass is 16.4. The molecule has 1 aromatic heterocycles. The van der Waals surface area contributed by atoms with E-state index in [0.29, 0.717) is 0 Å². The van der Waals surface area contributed by atoms with E-state index in [4.69, 9.17) is 14.6 Å². The van der Waals surface area contributed by atoms with Crippen LogP contribution in [0.2, 0.25) is 0 Å². The Kier molecular flexibility index (Phi) is 1.60. The first-order valence-corrected chi connectivity index (χ1v) is 3.77. The fraction of sp³-hybridized carbons (Fsp3) is 0. The summed E-state index contributed by atoms with van der Waals surface area (Å²) in [5, 5.41) is 27.7. The van der Waals surface area contributed by atoms with Gasteiger partial charge in [-0.3, -0.25) is 0 Å². The minimum Gasteiger partial charge on any atom is -0.507 e. The Morgan fingerprint density at radius 1 is 0.929 bits per heavy atom. The molecule has 1 heterocycles. The lowest BCUT2D eigenvalue weighted by Crippen LogP contribution is -1.95. The Labute approximate surface area is 77.5 Å². The van der Waals surface area contributed by atoms with E-state index in [1.54, 1.807) is 0 Å². The van der Waals surface area contributed by atoms with E-state index < -0.39 is 11.4 Å². The lowest BCUT2D eigenvalue weighted by molar-refractivity contribution is 0.402. The molecule has 0 saturated heterocycles. The van der Waals surface area contributed by atoms with Crippen LogP contribution in [0.15, 0.2) is 27.4 Å². The Hall–Kier alpha value is -2.17. The summed E-state index contributed by atoms with van der Waals surface area (Å²) in [7, 11) is 0. The number of hydrogen-bond acceptors (Lipinski definition) is 5. The summed E-state index contributed by atoms with van der Waals surface area (Å²) in [4.78, 5) is 10.8. The van der Waals surface area contributed by atoms with Crippen LogP contribution >= 0.6 is 0 Å². The molecule has 0 atom stereocenters. The lowest BCUT2D eigenvalue weighted by Gasteiger charge is -2.01. The SMILES string of the molecule is O=c1cc(O)c2cc(O)c(O)cc2o1. The van der Waals surface area contributed by atoms with Crippen LogP contribution in [0.5, 0.6) is 17.2 Å². The van der Waals surface area contributed by atoms with Crippen LogP contribution in [0.25, 0.3) is 11.0 Å². The predicted molar refractivity (Wildman–Crippen MR) is 47.5 cm³/mol. The van der Waals surface area contributed by atoms with Crippen LogP contribution < -0.4 is 5.63 Å². The highest BCUT2D eigenvalue weighted by Gasteiger charge is 2.08. The summed E-state index contributed by atoms with van der Waals surface area (Å²) in [5.74, 6) is -1.10. The van der Waals surface area contributed by atoms with E-state index in [2.05, 4.69) is 0 Å². The molecule has 5 nitrogen and oxygen atoms in total. The topological polar surface area (TPSA) is 90.9 Å². The summed E-state index contributed by atoms with van der Waals surface area (Å²) >= 11 is 0. The Morgan fingerprint density at radius 3 is 2.29 bits per heavy atom. The normalized spacial score (nSPS) is 10.6. The summed E-state index contributed by atoms with van der Waals surface area (Å²) in [6.45, 7) is 0. The second-order valence-corrected chi connectivity index (χ2v) is 2.79. The van der Waals surface area contributed by atoms with Gasteiger partial charge in [-0.2, -0.15) is 0 Å². The molecule has 0 aliphatic heterocycles. The van der Waals surface area contributed by atoms with Gasteiger partial charge in [-0.25, -0.2) is 4.79 Å². The molecule has 2 aromatic rings. The van der Waals surface area contributed by atoms with Crippen LogP contribution in [0.3, 0.4) is 0 Å². The Morgan fingerprint density at radius 2 is 1.57 bits per heavy atom. The van der Waals surface area contributed by atoms with Gasteiger partial charge in [0.2, 0.25) is 0 Å². The lowest BCUT2D eigenvalue weighted by atomic mass is 10.2. The minimum absolute atomic E-state index is 0.0188. The molecule has 0 radical (unpaired) electrons. The molecule has 0 amide bonds. The molecule has 5 heteroatoms. The number of aromatic hydroxyl groups is 3. The van der Waals surface area contributed by atoms with Gasteiger partial charge in [0.15, 0.2) is 11.5 Å². The number of hydrogen-bond donors (Lipinski definition) is 3. The van der Waals surface area contributed by atoms with Crippen molar-refractivity contribution in [3.63, 3.8) is 0 Å². The zero-order valence-electron chi connectivity index (χ0n) is 6.89. The zero-order valence-corrected chi connectivity index (χ0v) is 6.89. The van der Waals surface area contributed by atoms with Crippen molar-refractivity contribution in [2.24, 2.45) is 0 Å². The van der Waals surface area contributed by atoms with Crippen LogP contribution in [0.4, 0.5) is 0 Å². The zero-order chi connectivity index (χ0) is 10.3. The molecular formula is C9H6O5. The van der Waals surface area contributed by atoms with Gasteiger partial charge >= 0.3 is 5.63 Å². The van der Waals surface area contributed by atoms with E-state index in [0.717, 1.165) is 18.2 Å². The average Bonchev–Trinajstić information content (AvgIpc) is 2.08. The molecule has 0 fully saturated rings. The second kappa shape index (κ2) is 2.66. The average molecular weight is 194 g/mol. The first kappa shape index (κ1) is 8.43. The third kappa shape index (κ3) is 1.15. The quantitative estimate of drug-likeness (QED) is 0.428. The molecule has 72 valence electrons. The molecule has 3 N–H and O–H groups in total. The summed E-state index contributed by atoms with van der Waals surface area (Å²) < 4.78 is 4.69. The molecule has 1 aromatic carbocycles. The van der Waals surface area contributed by atoms with Gasteiger partial charge in [-0.15, -0.1) is 0 Å². The van der Waals surface area contributed by atoms with Crippen molar-refractivity contribution >= 4 is 11.0 Å². The summed E-state index contributed by atoms with van der Waals surface area (Å²) in [5.41, 5.74) is -0.703. The Balaban J connectivity index is 2.96. The monoisotopic (exact) mass is 194 g/mol. The molecule has 0 spiro atoms. The maximum absolute atomic E-state index is 10.8. The van der Waals surface area contributed by atoms with E-state index >= 15 is 0 Å². The molecule has 0 saturated carbocycles. The van der Waals surface area contributed by atoms with Gasteiger partial charge in [0.05, 0.1) is 11.5 Å². The molecular weight excluding hydrogens is 188 g/mol. The van der Waals surface area contributed by atoms with Crippen LogP contribution in [0.1, 0.15) is 0 Å². The van der Waals surface area contributed by atoms with Crippen molar-refractivity contribution in [2.45, 2.75) is 0 Å². The highest BCUT2D eigenvalue weighted by molar-refractivity contribution is 5.85. The van der Waals surface area contributed by atoms with Gasteiger partial charge < -0.3 is 19.7 Å². The number of rotatable bonds is 0.